The van der Waals surface area contributed by atoms with Crippen LogP contribution in [0.15, 0.2) is 65.6 Å². The fraction of sp³-hybridized carbons (Fsp3) is 0.0870. The van der Waals surface area contributed by atoms with E-state index in [1.54, 1.807) is 30.3 Å². The molecular weight excluding hydrogens is 452 g/mol. The van der Waals surface area contributed by atoms with E-state index in [0.29, 0.717) is 21.2 Å². The maximum atomic E-state index is 13.1. The largest absolute Gasteiger partial charge is 0.507 e. The summed E-state index contributed by atoms with van der Waals surface area (Å²) < 4.78 is 0.867. The number of thiazole rings is 1. The van der Waals surface area contributed by atoms with Crippen LogP contribution in [0.3, 0.4) is 0 Å². The van der Waals surface area contributed by atoms with Gasteiger partial charge in [-0.05, 0) is 36.1 Å². The molecule has 2 aromatic heterocycles. The van der Waals surface area contributed by atoms with Gasteiger partial charge in [0.25, 0.3) is 5.78 Å². The smallest absolute Gasteiger partial charge is 0.301 e. The zero-order valence-electron chi connectivity index (χ0n) is 16.2. The van der Waals surface area contributed by atoms with Gasteiger partial charge < -0.3 is 5.11 Å². The first-order valence-corrected chi connectivity index (χ1v) is 11.5. The molecule has 31 heavy (non-hydrogen) atoms. The lowest BCUT2D eigenvalue weighted by molar-refractivity contribution is -0.132. The molecule has 5 rings (SSSR count). The predicted molar refractivity (Wildman–Crippen MR) is 125 cm³/mol. The Morgan fingerprint density at radius 3 is 2.61 bits per heavy atom. The van der Waals surface area contributed by atoms with Crippen molar-refractivity contribution >= 4 is 67.1 Å². The number of hydrogen-bond donors (Lipinski definition) is 1. The highest BCUT2D eigenvalue weighted by molar-refractivity contribution is 7.22. The van der Waals surface area contributed by atoms with Crippen LogP contribution in [-0.4, -0.2) is 21.8 Å². The van der Waals surface area contributed by atoms with Crippen molar-refractivity contribution in [2.24, 2.45) is 0 Å². The average Bonchev–Trinajstić information content (AvgIpc) is 3.48. The number of rotatable bonds is 3. The van der Waals surface area contributed by atoms with Crippen molar-refractivity contribution in [2.75, 3.05) is 4.90 Å². The van der Waals surface area contributed by atoms with E-state index in [2.05, 4.69) is 4.98 Å². The number of benzene rings is 2. The van der Waals surface area contributed by atoms with E-state index in [-0.39, 0.29) is 11.3 Å². The number of Topliss-reactive ketones (excluding diaryl/α,β-unsaturated/α-hetero) is 1. The molecule has 0 aliphatic carbocycles. The number of fused-ring (bicyclic) bond motifs is 1. The lowest BCUT2D eigenvalue weighted by Gasteiger charge is -2.21. The second-order valence-electron chi connectivity index (χ2n) is 7.12. The Balaban J connectivity index is 1.72. The van der Waals surface area contributed by atoms with Crippen LogP contribution in [0.25, 0.3) is 16.0 Å². The number of hydrogen-bond acceptors (Lipinski definition) is 6. The molecule has 1 atom stereocenters. The van der Waals surface area contributed by atoms with Crippen LogP contribution in [0.4, 0.5) is 5.13 Å². The Morgan fingerprint density at radius 2 is 1.90 bits per heavy atom. The first-order chi connectivity index (χ1) is 15.0. The first-order valence-electron chi connectivity index (χ1n) is 9.42. The van der Waals surface area contributed by atoms with Gasteiger partial charge in [-0.1, -0.05) is 59.3 Å². The third-order valence-electron chi connectivity index (χ3n) is 5.17. The van der Waals surface area contributed by atoms with E-state index in [4.69, 9.17) is 11.6 Å². The topological polar surface area (TPSA) is 70.5 Å². The Labute approximate surface area is 190 Å². The molecule has 0 radical (unpaired) electrons. The summed E-state index contributed by atoms with van der Waals surface area (Å²) in [6.45, 7) is 1.90. The number of aromatic nitrogens is 1. The summed E-state index contributed by atoms with van der Waals surface area (Å²) in [6, 6.07) is 15.4. The molecule has 1 N–H and O–H groups in total. The first kappa shape index (κ1) is 19.9. The Bertz CT molecular complexity index is 1320. The van der Waals surface area contributed by atoms with Gasteiger partial charge in [-0.15, -0.1) is 11.3 Å². The highest BCUT2D eigenvalue weighted by Crippen LogP contribution is 2.45. The summed E-state index contributed by atoms with van der Waals surface area (Å²) >= 11 is 8.97. The molecule has 0 saturated carbocycles. The van der Waals surface area contributed by atoms with E-state index in [9.17, 15) is 14.7 Å². The maximum Gasteiger partial charge on any atom is 0.301 e. The van der Waals surface area contributed by atoms with E-state index in [1.165, 1.54) is 27.6 Å². The maximum absolute atomic E-state index is 13.1. The average molecular weight is 467 g/mol. The molecule has 8 heteroatoms. The number of aliphatic hydroxyl groups excluding tert-OH is 1. The number of ketones is 1. The van der Waals surface area contributed by atoms with Crippen molar-refractivity contribution in [3.8, 4) is 0 Å². The Kier molecular flexibility index (Phi) is 4.89. The zero-order chi connectivity index (χ0) is 21.7. The SMILES string of the molecule is Cc1cc2sc(N3C(=O)C(=O)/C(=C(/O)c4ccccc4)C3c3cccs3)nc2cc1Cl. The monoisotopic (exact) mass is 466 g/mol. The summed E-state index contributed by atoms with van der Waals surface area (Å²) in [4.78, 5) is 33.0. The second kappa shape index (κ2) is 7.60. The molecule has 154 valence electrons. The van der Waals surface area contributed by atoms with Gasteiger partial charge in [0.05, 0.1) is 15.8 Å². The summed E-state index contributed by atoms with van der Waals surface area (Å²) in [5.74, 6) is -1.63. The molecule has 1 fully saturated rings. The van der Waals surface area contributed by atoms with Gasteiger partial charge in [0.2, 0.25) is 0 Å². The minimum absolute atomic E-state index is 0.0621. The van der Waals surface area contributed by atoms with E-state index < -0.39 is 17.7 Å². The normalized spacial score (nSPS) is 18.3. The fourth-order valence-electron chi connectivity index (χ4n) is 3.64. The van der Waals surface area contributed by atoms with Crippen molar-refractivity contribution in [3.05, 3.63) is 86.6 Å². The van der Waals surface area contributed by atoms with Crippen LogP contribution in [-0.2, 0) is 9.59 Å². The number of halogens is 1. The molecule has 1 aliphatic rings. The van der Waals surface area contributed by atoms with E-state index in [0.717, 1.165) is 15.1 Å². The van der Waals surface area contributed by atoms with Gasteiger partial charge in [0.15, 0.2) is 5.13 Å². The molecule has 0 bridgehead atoms. The highest BCUT2D eigenvalue weighted by atomic mass is 35.5. The van der Waals surface area contributed by atoms with Gasteiger partial charge in [-0.3, -0.25) is 14.5 Å². The van der Waals surface area contributed by atoms with Gasteiger partial charge >= 0.3 is 5.91 Å². The molecule has 4 aromatic rings. The molecule has 5 nitrogen and oxygen atoms in total. The molecule has 1 amide bonds. The van der Waals surface area contributed by atoms with Crippen LogP contribution >= 0.6 is 34.3 Å². The lowest BCUT2D eigenvalue weighted by atomic mass is 10.00. The standard InChI is InChI=1S/C23H15ClN2O3S2/c1-12-10-17-15(11-14(12)24)25-23(31-17)26-19(16-8-5-9-30-16)18(21(28)22(26)29)20(27)13-6-3-2-4-7-13/h2-11,19,27H,1H3/b20-18+. The highest BCUT2D eigenvalue weighted by Gasteiger charge is 2.48. The molecule has 1 saturated heterocycles. The third-order valence-corrected chi connectivity index (χ3v) is 7.52. The van der Waals surface area contributed by atoms with Crippen molar-refractivity contribution in [2.45, 2.75) is 13.0 Å². The van der Waals surface area contributed by atoms with Gasteiger partial charge in [0, 0.05) is 15.5 Å². The molecule has 1 unspecified atom stereocenters. The predicted octanol–water partition coefficient (Wildman–Crippen LogP) is 5.95. The minimum Gasteiger partial charge on any atom is -0.507 e. The van der Waals surface area contributed by atoms with Crippen LogP contribution in [0.1, 0.15) is 22.0 Å². The molecule has 0 spiro atoms. The number of nitrogens with zero attached hydrogens (tertiary/aromatic N) is 2. The molecular formula is C23H15ClN2O3S2. The molecule has 3 heterocycles. The van der Waals surface area contributed by atoms with Crippen molar-refractivity contribution in [3.63, 3.8) is 0 Å². The Hall–Kier alpha value is -3.00. The van der Waals surface area contributed by atoms with Gasteiger partial charge in [0.1, 0.15) is 11.8 Å². The number of anilines is 1. The fourth-order valence-corrected chi connectivity index (χ4v) is 5.69. The number of amides is 1. The van der Waals surface area contributed by atoms with Crippen LogP contribution < -0.4 is 4.90 Å². The summed E-state index contributed by atoms with van der Waals surface area (Å²) in [5.41, 5.74) is 2.11. The number of aliphatic hydroxyl groups is 1. The second-order valence-corrected chi connectivity index (χ2v) is 9.51. The third kappa shape index (κ3) is 3.26. The summed E-state index contributed by atoms with van der Waals surface area (Å²) in [5, 5.41) is 13.9. The lowest BCUT2D eigenvalue weighted by Crippen LogP contribution is -2.28. The van der Waals surface area contributed by atoms with Crippen molar-refractivity contribution < 1.29 is 14.7 Å². The van der Waals surface area contributed by atoms with Gasteiger partial charge in [-0.2, -0.15) is 0 Å². The molecule has 2 aromatic carbocycles. The molecule has 1 aliphatic heterocycles. The van der Waals surface area contributed by atoms with Gasteiger partial charge in [-0.25, -0.2) is 4.98 Å². The number of carbonyl (C=O) groups excluding carboxylic acids is 2. The number of carbonyl (C=O) groups is 2. The van der Waals surface area contributed by atoms with Crippen LogP contribution in [0.5, 0.6) is 0 Å². The van der Waals surface area contributed by atoms with Crippen LogP contribution in [0, 0.1) is 6.92 Å². The summed E-state index contributed by atoms with van der Waals surface area (Å²) in [7, 11) is 0. The quantitative estimate of drug-likeness (QED) is 0.230. The van der Waals surface area contributed by atoms with Crippen molar-refractivity contribution in [1.82, 2.24) is 4.98 Å². The van der Waals surface area contributed by atoms with E-state index in [1.807, 2.05) is 36.6 Å². The van der Waals surface area contributed by atoms with Crippen LogP contribution in [0.2, 0.25) is 5.02 Å². The number of aryl methyl sites for hydroxylation is 1. The summed E-state index contributed by atoms with van der Waals surface area (Å²) in [6.07, 6.45) is 0. The van der Waals surface area contributed by atoms with E-state index >= 15 is 0 Å². The van der Waals surface area contributed by atoms with Crippen molar-refractivity contribution in [1.29, 1.82) is 0 Å². The Morgan fingerprint density at radius 1 is 1.13 bits per heavy atom. The number of thiophene rings is 1. The minimum atomic E-state index is -0.752. The zero-order valence-corrected chi connectivity index (χ0v) is 18.6.